The van der Waals surface area contributed by atoms with Gasteiger partial charge >= 0.3 is 5.97 Å². The number of aryl methyl sites for hydroxylation is 2. The van der Waals surface area contributed by atoms with Gasteiger partial charge in [-0.15, -0.1) is 0 Å². The Morgan fingerprint density at radius 1 is 1.40 bits per heavy atom. The second kappa shape index (κ2) is 7.23. The quantitative estimate of drug-likeness (QED) is 0.632. The van der Waals surface area contributed by atoms with Gasteiger partial charge in [-0.2, -0.15) is 0 Å². The lowest BCUT2D eigenvalue weighted by Crippen LogP contribution is -2.35. The molecule has 0 saturated carbocycles. The normalized spacial score (nSPS) is 19.8. The number of aromatic amines is 1. The molecule has 2 atom stereocenters. The molecule has 6 nitrogen and oxygen atoms in total. The lowest BCUT2D eigenvalue weighted by Gasteiger charge is -2.27. The Hall–Kier alpha value is -2.41. The van der Waals surface area contributed by atoms with Gasteiger partial charge in [-0.25, -0.2) is 0 Å². The standard InChI is InChI=1S/C18H22N4O2S/c1-4-24-15(23)10-22-17(13-9-11(2)20-12(13)3)16(21-18(22)25)14-7-5-6-8-19-14/h5-9,16-17,20H,4,10H2,1-3H3,(H,21,25)/t16-,17-/m0/s1. The summed E-state index contributed by atoms with van der Waals surface area (Å²) < 4.78 is 5.12. The molecule has 1 aliphatic heterocycles. The number of ether oxygens (including phenoxy) is 1. The molecule has 0 bridgehead atoms. The number of aromatic nitrogens is 2. The Balaban J connectivity index is 2.00. The van der Waals surface area contributed by atoms with Gasteiger partial charge in [-0.3, -0.25) is 9.78 Å². The van der Waals surface area contributed by atoms with Crippen molar-refractivity contribution < 1.29 is 9.53 Å². The van der Waals surface area contributed by atoms with Crippen LogP contribution < -0.4 is 5.32 Å². The van der Waals surface area contributed by atoms with Crippen LogP contribution in [0.5, 0.6) is 0 Å². The number of nitrogens with one attached hydrogen (secondary N) is 2. The molecule has 3 rings (SSSR count). The smallest absolute Gasteiger partial charge is 0.325 e. The molecule has 2 N–H and O–H groups in total. The summed E-state index contributed by atoms with van der Waals surface area (Å²) in [6, 6.07) is 7.65. The first-order valence-corrected chi connectivity index (χ1v) is 8.72. The first kappa shape index (κ1) is 17.4. The number of H-pyrrole nitrogens is 1. The Bertz CT molecular complexity index is 775. The van der Waals surface area contributed by atoms with Crippen LogP contribution in [-0.4, -0.2) is 39.1 Å². The number of carbonyl (C=O) groups is 1. The van der Waals surface area contributed by atoms with Crippen molar-refractivity contribution in [2.24, 2.45) is 0 Å². The Kier molecular flexibility index (Phi) is 5.03. The molecule has 0 amide bonds. The third-order valence-corrected chi connectivity index (χ3v) is 4.66. The Morgan fingerprint density at radius 3 is 2.80 bits per heavy atom. The molecule has 0 radical (unpaired) electrons. The second-order valence-electron chi connectivity index (χ2n) is 6.09. The molecule has 3 heterocycles. The number of carbonyl (C=O) groups excluding carboxylic acids is 1. The predicted molar refractivity (Wildman–Crippen MR) is 99.1 cm³/mol. The highest BCUT2D eigenvalue weighted by Crippen LogP contribution is 2.39. The van der Waals surface area contributed by atoms with Crippen molar-refractivity contribution in [2.75, 3.05) is 13.2 Å². The number of esters is 1. The van der Waals surface area contributed by atoms with Crippen LogP contribution in [0.3, 0.4) is 0 Å². The number of thiocarbonyl (C=S) groups is 1. The maximum absolute atomic E-state index is 12.1. The molecule has 132 valence electrons. The topological polar surface area (TPSA) is 70.2 Å². The van der Waals surface area contributed by atoms with Crippen molar-refractivity contribution in [1.29, 1.82) is 0 Å². The van der Waals surface area contributed by atoms with Crippen molar-refractivity contribution in [2.45, 2.75) is 32.9 Å². The summed E-state index contributed by atoms with van der Waals surface area (Å²) in [4.78, 5) is 21.8. The fraction of sp³-hybridized carbons (Fsp3) is 0.389. The van der Waals surface area contributed by atoms with E-state index in [0.29, 0.717) is 11.7 Å². The average Bonchev–Trinajstić information content (AvgIpc) is 3.08. The van der Waals surface area contributed by atoms with E-state index in [0.717, 1.165) is 22.6 Å². The number of pyridine rings is 1. The summed E-state index contributed by atoms with van der Waals surface area (Å²) in [5, 5.41) is 3.86. The molecule has 25 heavy (non-hydrogen) atoms. The fourth-order valence-corrected chi connectivity index (χ4v) is 3.62. The van der Waals surface area contributed by atoms with Crippen molar-refractivity contribution in [3.63, 3.8) is 0 Å². The molecule has 7 heteroatoms. The van der Waals surface area contributed by atoms with E-state index in [4.69, 9.17) is 17.0 Å². The van der Waals surface area contributed by atoms with E-state index in [2.05, 4.69) is 21.4 Å². The minimum Gasteiger partial charge on any atom is -0.465 e. The van der Waals surface area contributed by atoms with Gasteiger partial charge in [0.2, 0.25) is 0 Å². The largest absolute Gasteiger partial charge is 0.465 e. The highest BCUT2D eigenvalue weighted by molar-refractivity contribution is 7.80. The molecule has 1 aliphatic rings. The van der Waals surface area contributed by atoms with Crippen LogP contribution in [-0.2, 0) is 9.53 Å². The van der Waals surface area contributed by atoms with Crippen molar-refractivity contribution in [3.8, 4) is 0 Å². The zero-order valence-electron chi connectivity index (χ0n) is 14.6. The molecular weight excluding hydrogens is 336 g/mol. The third kappa shape index (κ3) is 3.51. The predicted octanol–water partition coefficient (Wildman–Crippen LogP) is 2.56. The maximum atomic E-state index is 12.1. The minimum absolute atomic E-state index is 0.108. The molecular formula is C18H22N4O2S. The van der Waals surface area contributed by atoms with Crippen molar-refractivity contribution in [1.82, 2.24) is 20.2 Å². The van der Waals surface area contributed by atoms with E-state index < -0.39 is 0 Å². The van der Waals surface area contributed by atoms with Gasteiger partial charge in [0.05, 0.1) is 24.4 Å². The van der Waals surface area contributed by atoms with Crippen LogP contribution in [0.4, 0.5) is 0 Å². The molecule has 2 aromatic heterocycles. The van der Waals surface area contributed by atoms with E-state index in [-0.39, 0.29) is 24.6 Å². The fourth-order valence-electron chi connectivity index (χ4n) is 3.31. The molecule has 1 fully saturated rings. The van der Waals surface area contributed by atoms with Gasteiger partial charge in [0.1, 0.15) is 6.54 Å². The second-order valence-corrected chi connectivity index (χ2v) is 6.48. The van der Waals surface area contributed by atoms with Crippen LogP contribution in [0.25, 0.3) is 0 Å². The molecule has 0 unspecified atom stereocenters. The highest BCUT2D eigenvalue weighted by atomic mass is 32.1. The van der Waals surface area contributed by atoms with Crippen LogP contribution in [0.1, 0.15) is 41.7 Å². The summed E-state index contributed by atoms with van der Waals surface area (Å²) in [7, 11) is 0. The third-order valence-electron chi connectivity index (χ3n) is 4.31. The van der Waals surface area contributed by atoms with E-state index >= 15 is 0 Å². The lowest BCUT2D eigenvalue weighted by molar-refractivity contribution is -0.143. The molecule has 0 aromatic carbocycles. The van der Waals surface area contributed by atoms with Gasteiger partial charge in [0.25, 0.3) is 0 Å². The number of hydrogen-bond acceptors (Lipinski definition) is 4. The average molecular weight is 358 g/mol. The van der Waals surface area contributed by atoms with E-state index in [9.17, 15) is 4.79 Å². The van der Waals surface area contributed by atoms with Gasteiger partial charge in [-0.05, 0) is 56.8 Å². The van der Waals surface area contributed by atoms with Crippen molar-refractivity contribution in [3.05, 3.63) is 53.1 Å². The Labute approximate surface area is 152 Å². The van der Waals surface area contributed by atoms with Crippen LogP contribution >= 0.6 is 12.2 Å². The Morgan fingerprint density at radius 2 is 2.20 bits per heavy atom. The monoisotopic (exact) mass is 358 g/mol. The number of nitrogens with zero attached hydrogens (tertiary/aromatic N) is 2. The molecule has 0 spiro atoms. The molecule has 2 aromatic rings. The minimum atomic E-state index is -0.289. The SMILES string of the molecule is CCOC(=O)CN1C(=S)N[C@@H](c2ccccn2)[C@@H]1c1cc(C)[nH]c1C. The summed E-state index contributed by atoms with van der Waals surface area (Å²) in [6.07, 6.45) is 1.76. The first-order chi connectivity index (χ1) is 12.0. The van der Waals surface area contributed by atoms with E-state index in [1.54, 1.807) is 13.1 Å². The zero-order chi connectivity index (χ0) is 18.0. The van der Waals surface area contributed by atoms with Crippen LogP contribution in [0, 0.1) is 13.8 Å². The summed E-state index contributed by atoms with van der Waals surface area (Å²) in [6.45, 7) is 6.30. The van der Waals surface area contributed by atoms with Gasteiger partial charge < -0.3 is 19.9 Å². The molecule has 0 aliphatic carbocycles. The summed E-state index contributed by atoms with van der Waals surface area (Å²) >= 11 is 5.52. The number of rotatable bonds is 5. The van der Waals surface area contributed by atoms with Gasteiger partial charge in [0, 0.05) is 17.6 Å². The van der Waals surface area contributed by atoms with E-state index in [1.807, 2.05) is 36.9 Å². The first-order valence-electron chi connectivity index (χ1n) is 8.31. The highest BCUT2D eigenvalue weighted by Gasteiger charge is 2.41. The summed E-state index contributed by atoms with van der Waals surface area (Å²) in [5.41, 5.74) is 4.12. The van der Waals surface area contributed by atoms with Gasteiger partial charge in [-0.1, -0.05) is 6.07 Å². The number of hydrogen-bond donors (Lipinski definition) is 2. The van der Waals surface area contributed by atoms with Gasteiger partial charge in [0.15, 0.2) is 5.11 Å². The maximum Gasteiger partial charge on any atom is 0.325 e. The molecule has 1 saturated heterocycles. The van der Waals surface area contributed by atoms with Crippen LogP contribution in [0.2, 0.25) is 0 Å². The van der Waals surface area contributed by atoms with Crippen LogP contribution in [0.15, 0.2) is 30.5 Å². The summed E-state index contributed by atoms with van der Waals surface area (Å²) in [5.74, 6) is -0.289. The zero-order valence-corrected chi connectivity index (χ0v) is 15.4. The van der Waals surface area contributed by atoms with Crippen molar-refractivity contribution >= 4 is 23.3 Å². The van der Waals surface area contributed by atoms with E-state index in [1.165, 1.54) is 0 Å². The lowest BCUT2D eigenvalue weighted by atomic mass is 9.97.